The number of hydrogen-bond donors (Lipinski definition) is 2. The highest BCUT2D eigenvalue weighted by atomic mass is 16.4. The molecule has 0 aliphatic rings. The topological polar surface area (TPSA) is 118 Å². The van der Waals surface area contributed by atoms with Crippen LogP contribution in [0.2, 0.25) is 0 Å². The molecule has 1 amide bonds. The van der Waals surface area contributed by atoms with Crippen LogP contribution in [0.1, 0.15) is 75.0 Å². The number of carboxylic acid groups (broad SMARTS) is 1. The maximum atomic E-state index is 12.3. The molecule has 0 aliphatic heterocycles. The Labute approximate surface area is 220 Å². The molecule has 7 heteroatoms. The summed E-state index contributed by atoms with van der Waals surface area (Å²) in [6.45, 7) is 4.94. The Kier molecular flexibility index (Phi) is 9.22. The molecule has 0 aromatic heterocycles. The van der Waals surface area contributed by atoms with Gasteiger partial charge in [-0.15, -0.1) is 0 Å². The Balaban J connectivity index is 0.000000221. The third kappa shape index (κ3) is 6.37. The molecule has 0 saturated carbocycles. The average molecular weight is 512 g/mol. The summed E-state index contributed by atoms with van der Waals surface area (Å²) in [7, 11) is 0. The minimum atomic E-state index is -0.980. The van der Waals surface area contributed by atoms with E-state index in [-0.39, 0.29) is 35.4 Å². The number of carbonyl (C=O) groups excluding carboxylic acids is 4. The van der Waals surface area contributed by atoms with Crippen LogP contribution < -0.4 is 5.32 Å². The lowest BCUT2D eigenvalue weighted by atomic mass is 9.97. The first-order chi connectivity index (χ1) is 18.1. The van der Waals surface area contributed by atoms with Gasteiger partial charge in [0.25, 0.3) is 5.91 Å². The summed E-state index contributed by atoms with van der Waals surface area (Å²) in [5.41, 5.74) is 1.85. The van der Waals surface area contributed by atoms with Gasteiger partial charge in [-0.05, 0) is 66.1 Å². The van der Waals surface area contributed by atoms with Gasteiger partial charge in [-0.25, -0.2) is 4.79 Å². The molecule has 0 radical (unpaired) electrons. The molecule has 2 N–H and O–H groups in total. The first-order valence-electron chi connectivity index (χ1n) is 12.2. The van der Waals surface area contributed by atoms with Crippen molar-refractivity contribution in [2.24, 2.45) is 0 Å². The molecule has 0 aliphatic carbocycles. The highest BCUT2D eigenvalue weighted by Crippen LogP contribution is 2.24. The number of benzene rings is 4. The van der Waals surface area contributed by atoms with Crippen LogP contribution in [-0.4, -0.2) is 40.9 Å². The van der Waals surface area contributed by atoms with Crippen molar-refractivity contribution in [1.82, 2.24) is 5.32 Å². The fourth-order valence-electron chi connectivity index (χ4n) is 4.24. The normalized spacial score (nSPS) is 10.4. The number of carboxylic acids is 1. The number of carbonyl (C=O) groups is 5. The van der Waals surface area contributed by atoms with Crippen LogP contribution in [0.25, 0.3) is 21.5 Å². The van der Waals surface area contributed by atoms with E-state index in [9.17, 15) is 24.0 Å². The summed E-state index contributed by atoms with van der Waals surface area (Å²) < 4.78 is 0. The lowest BCUT2D eigenvalue weighted by Gasteiger charge is -2.10. The van der Waals surface area contributed by atoms with E-state index in [4.69, 9.17) is 5.11 Å². The number of amides is 1. The number of ketones is 3. The zero-order valence-electron chi connectivity index (χ0n) is 21.5. The van der Waals surface area contributed by atoms with Gasteiger partial charge in [0.15, 0.2) is 17.3 Å². The Morgan fingerprint density at radius 1 is 0.632 bits per heavy atom. The van der Waals surface area contributed by atoms with E-state index < -0.39 is 5.97 Å². The number of nitrogens with one attached hydrogen (secondary N) is 1. The molecular weight excluding hydrogens is 482 g/mol. The van der Waals surface area contributed by atoms with Gasteiger partial charge in [-0.2, -0.15) is 0 Å². The van der Waals surface area contributed by atoms with Crippen LogP contribution in [0, 0.1) is 0 Å². The molecule has 7 nitrogen and oxygen atoms in total. The number of aromatic carboxylic acids is 1. The molecular formula is C31H29NO6. The van der Waals surface area contributed by atoms with E-state index in [0.29, 0.717) is 33.9 Å². The maximum absolute atomic E-state index is 12.3. The molecule has 0 unspecified atom stereocenters. The Bertz CT molecular complexity index is 1500. The third-order valence-electron chi connectivity index (χ3n) is 6.06. The van der Waals surface area contributed by atoms with Crippen LogP contribution in [-0.2, 0) is 4.79 Å². The van der Waals surface area contributed by atoms with Crippen LogP contribution in [0.15, 0.2) is 72.8 Å². The molecule has 4 aromatic rings. The van der Waals surface area contributed by atoms with Crippen molar-refractivity contribution < 1.29 is 29.1 Å². The van der Waals surface area contributed by atoms with Crippen LogP contribution >= 0.6 is 0 Å². The number of hydrogen-bond acceptors (Lipinski definition) is 5. The van der Waals surface area contributed by atoms with Crippen molar-refractivity contribution >= 4 is 50.8 Å². The second kappa shape index (κ2) is 12.5. The van der Waals surface area contributed by atoms with Crippen molar-refractivity contribution in [2.45, 2.75) is 33.6 Å². The second-order valence-electron chi connectivity index (χ2n) is 8.80. The van der Waals surface area contributed by atoms with Crippen LogP contribution in [0.5, 0.6) is 0 Å². The monoisotopic (exact) mass is 511 g/mol. The predicted molar refractivity (Wildman–Crippen MR) is 147 cm³/mol. The summed E-state index contributed by atoms with van der Waals surface area (Å²) in [6.07, 6.45) is 1.23. The molecule has 0 spiro atoms. The second-order valence-corrected chi connectivity index (χ2v) is 8.80. The summed E-state index contributed by atoms with van der Waals surface area (Å²) >= 11 is 0. The molecule has 0 bridgehead atoms. The average Bonchev–Trinajstić information content (AvgIpc) is 2.90. The quantitative estimate of drug-likeness (QED) is 0.285. The summed E-state index contributed by atoms with van der Waals surface area (Å²) in [6, 6.07) is 20.7. The molecule has 4 rings (SSSR count). The van der Waals surface area contributed by atoms with Gasteiger partial charge in [0.05, 0.1) is 12.1 Å². The van der Waals surface area contributed by atoms with E-state index in [2.05, 4.69) is 5.32 Å². The molecule has 0 fully saturated rings. The van der Waals surface area contributed by atoms with Crippen molar-refractivity contribution in [3.8, 4) is 0 Å². The van der Waals surface area contributed by atoms with Crippen molar-refractivity contribution in [3.05, 3.63) is 95.1 Å². The van der Waals surface area contributed by atoms with Gasteiger partial charge < -0.3 is 10.4 Å². The van der Waals surface area contributed by atoms with Gasteiger partial charge in [0.2, 0.25) is 0 Å². The minimum Gasteiger partial charge on any atom is -0.478 e. The van der Waals surface area contributed by atoms with Crippen molar-refractivity contribution in [3.63, 3.8) is 0 Å². The molecule has 38 heavy (non-hydrogen) atoms. The number of fused-ring (bicyclic) bond motifs is 2. The van der Waals surface area contributed by atoms with Crippen LogP contribution in [0.3, 0.4) is 0 Å². The Hall–Kier alpha value is -4.65. The molecule has 0 saturated heterocycles. The number of Topliss-reactive ketones (excluding diaryl/α,β-unsaturated/α-hetero) is 3. The van der Waals surface area contributed by atoms with E-state index >= 15 is 0 Å². The first-order valence-corrected chi connectivity index (χ1v) is 12.2. The summed E-state index contributed by atoms with van der Waals surface area (Å²) in [5, 5.41) is 14.4. The molecule has 4 aromatic carbocycles. The number of rotatable bonds is 8. The van der Waals surface area contributed by atoms with E-state index in [1.165, 1.54) is 19.9 Å². The van der Waals surface area contributed by atoms with Gasteiger partial charge in [-0.1, -0.05) is 55.5 Å². The van der Waals surface area contributed by atoms with Gasteiger partial charge in [-0.3, -0.25) is 19.2 Å². The first kappa shape index (κ1) is 27.9. The Morgan fingerprint density at radius 2 is 1.03 bits per heavy atom. The van der Waals surface area contributed by atoms with Gasteiger partial charge in [0, 0.05) is 23.1 Å². The van der Waals surface area contributed by atoms with E-state index in [0.717, 1.165) is 17.2 Å². The fourth-order valence-corrected chi connectivity index (χ4v) is 4.24. The summed E-state index contributed by atoms with van der Waals surface area (Å²) in [4.78, 5) is 57.9. The van der Waals surface area contributed by atoms with E-state index in [1.54, 1.807) is 42.5 Å². The summed E-state index contributed by atoms with van der Waals surface area (Å²) in [5.74, 6) is -1.36. The largest absolute Gasteiger partial charge is 0.478 e. The van der Waals surface area contributed by atoms with Crippen LogP contribution in [0.4, 0.5) is 0 Å². The minimum absolute atomic E-state index is 0.0144. The van der Waals surface area contributed by atoms with Gasteiger partial charge >= 0.3 is 5.97 Å². The maximum Gasteiger partial charge on any atom is 0.336 e. The lowest BCUT2D eigenvalue weighted by molar-refractivity contribution is -0.118. The fraction of sp³-hybridized carbons (Fsp3) is 0.194. The van der Waals surface area contributed by atoms with Crippen molar-refractivity contribution in [2.75, 3.05) is 6.54 Å². The predicted octanol–water partition coefficient (Wildman–Crippen LogP) is 5.88. The van der Waals surface area contributed by atoms with Gasteiger partial charge in [0.1, 0.15) is 0 Å². The van der Waals surface area contributed by atoms with E-state index in [1.807, 2.05) is 31.2 Å². The molecule has 194 valence electrons. The molecule has 0 atom stereocenters. The SMILES string of the molecule is CC(=O)c1ccc(C(=O)O)c2ccccc12.CCCC(=O)CNC(=O)c1ccc(C(C)=O)c2ccccc12. The Morgan fingerprint density at radius 3 is 1.45 bits per heavy atom. The lowest BCUT2D eigenvalue weighted by Crippen LogP contribution is -2.29. The third-order valence-corrected chi connectivity index (χ3v) is 6.06. The smallest absolute Gasteiger partial charge is 0.336 e. The zero-order chi connectivity index (χ0) is 27.8. The highest BCUT2D eigenvalue weighted by molar-refractivity contribution is 6.14. The molecule has 0 heterocycles. The standard InChI is InChI=1S/C18H19NO3.C13H10O3/c1-3-6-13(21)11-19-18(22)17-10-9-14(12(2)20)15-7-4-5-8-16(15)17;1-8(14)9-6-7-12(13(15)16)11-5-3-2-4-10(9)11/h4-5,7-10H,3,6,11H2,1-2H3,(H,19,22);2-7H,1H3,(H,15,16). The van der Waals surface area contributed by atoms with Crippen molar-refractivity contribution in [1.29, 1.82) is 0 Å². The zero-order valence-corrected chi connectivity index (χ0v) is 21.5. The highest BCUT2D eigenvalue weighted by Gasteiger charge is 2.15.